The molecule has 0 saturated heterocycles. The van der Waals surface area contributed by atoms with Crippen molar-refractivity contribution in [3.05, 3.63) is 52.8 Å². The molecule has 0 aliphatic heterocycles. The van der Waals surface area contributed by atoms with Crippen LogP contribution in [0, 0.1) is 20.8 Å². The minimum Gasteiger partial charge on any atom is -0.329 e. The maximum atomic E-state index is 12.6. The number of imidazole rings is 1. The molecule has 5 nitrogen and oxygen atoms in total. The van der Waals surface area contributed by atoms with E-state index < -0.39 is 9.84 Å². The molecular formula is C16H17N3O2S. The molecule has 2 aromatic heterocycles. The summed E-state index contributed by atoms with van der Waals surface area (Å²) in [5, 5.41) is -0.00388. The summed E-state index contributed by atoms with van der Waals surface area (Å²) in [6, 6.07) is 7.48. The molecule has 1 aromatic carbocycles. The second-order valence-electron chi connectivity index (χ2n) is 5.52. The molecule has 0 fully saturated rings. The predicted octanol–water partition coefficient (Wildman–Crippen LogP) is 2.86. The van der Waals surface area contributed by atoms with Crippen LogP contribution in [0.5, 0.6) is 0 Å². The van der Waals surface area contributed by atoms with Crippen molar-refractivity contribution in [3.63, 3.8) is 0 Å². The van der Waals surface area contributed by atoms with Crippen molar-refractivity contribution in [2.45, 2.75) is 31.7 Å². The van der Waals surface area contributed by atoms with Gasteiger partial charge in [-0.25, -0.2) is 13.4 Å². The van der Waals surface area contributed by atoms with Gasteiger partial charge in [-0.05, 0) is 55.7 Å². The van der Waals surface area contributed by atoms with Gasteiger partial charge in [-0.15, -0.1) is 0 Å². The highest BCUT2D eigenvalue weighted by Gasteiger charge is 2.22. The first kappa shape index (κ1) is 14.7. The highest BCUT2D eigenvalue weighted by Crippen LogP contribution is 2.20. The topological polar surface area (TPSA) is 75.7 Å². The van der Waals surface area contributed by atoms with Gasteiger partial charge < -0.3 is 4.98 Å². The van der Waals surface area contributed by atoms with Crippen LogP contribution < -0.4 is 0 Å². The summed E-state index contributed by atoms with van der Waals surface area (Å²) in [4.78, 5) is 11.3. The van der Waals surface area contributed by atoms with Gasteiger partial charge in [0.2, 0.25) is 15.0 Å². The van der Waals surface area contributed by atoms with Crippen molar-refractivity contribution in [1.29, 1.82) is 0 Å². The van der Waals surface area contributed by atoms with Crippen LogP contribution in [0.1, 0.15) is 22.4 Å². The fourth-order valence-corrected chi connectivity index (χ4v) is 3.62. The molecule has 3 aromatic rings. The number of aromatic amines is 1. The zero-order chi connectivity index (χ0) is 15.9. The molecule has 1 N–H and O–H groups in total. The van der Waals surface area contributed by atoms with Crippen molar-refractivity contribution in [2.75, 3.05) is 0 Å². The lowest BCUT2D eigenvalue weighted by atomic mass is 10.1. The van der Waals surface area contributed by atoms with Gasteiger partial charge in [0, 0.05) is 6.20 Å². The third kappa shape index (κ3) is 2.62. The van der Waals surface area contributed by atoms with Crippen LogP contribution >= 0.6 is 0 Å². The fraction of sp³-hybridized carbons (Fsp3) is 0.250. The summed E-state index contributed by atoms with van der Waals surface area (Å²) in [7, 11) is -3.56. The van der Waals surface area contributed by atoms with Crippen molar-refractivity contribution in [3.8, 4) is 0 Å². The lowest BCUT2D eigenvalue weighted by Gasteiger charge is -2.06. The molecular weight excluding hydrogens is 298 g/mol. The second-order valence-corrected chi connectivity index (χ2v) is 7.43. The molecule has 3 rings (SSSR count). The number of hydrogen-bond acceptors (Lipinski definition) is 4. The maximum absolute atomic E-state index is 12.6. The third-order valence-electron chi connectivity index (χ3n) is 3.82. The van der Waals surface area contributed by atoms with Crippen molar-refractivity contribution >= 4 is 20.9 Å². The Morgan fingerprint density at radius 3 is 2.68 bits per heavy atom. The summed E-state index contributed by atoms with van der Waals surface area (Å²) < 4.78 is 25.2. The Kier molecular flexibility index (Phi) is 3.48. The molecule has 114 valence electrons. The number of rotatable bonds is 3. The van der Waals surface area contributed by atoms with Gasteiger partial charge >= 0.3 is 0 Å². The highest BCUT2D eigenvalue weighted by atomic mass is 32.2. The molecule has 0 bridgehead atoms. The number of fused-ring (bicyclic) bond motifs is 1. The molecule has 0 atom stereocenters. The zero-order valence-corrected chi connectivity index (χ0v) is 13.5. The van der Waals surface area contributed by atoms with Crippen molar-refractivity contribution in [1.82, 2.24) is 15.0 Å². The summed E-state index contributed by atoms with van der Waals surface area (Å²) in [5.41, 5.74) is 4.93. The number of benzene rings is 1. The Bertz CT molecular complexity index is 959. The zero-order valence-electron chi connectivity index (χ0n) is 12.7. The Labute approximate surface area is 129 Å². The number of hydrogen-bond donors (Lipinski definition) is 1. The first-order chi connectivity index (χ1) is 10.4. The van der Waals surface area contributed by atoms with Gasteiger partial charge in [0.25, 0.3) is 0 Å². The molecule has 2 heterocycles. The minimum atomic E-state index is -3.56. The molecule has 22 heavy (non-hydrogen) atoms. The van der Waals surface area contributed by atoms with E-state index in [0.29, 0.717) is 11.2 Å². The van der Waals surface area contributed by atoms with E-state index in [1.54, 1.807) is 6.20 Å². The van der Waals surface area contributed by atoms with Crippen LogP contribution in [-0.4, -0.2) is 23.4 Å². The summed E-state index contributed by atoms with van der Waals surface area (Å²) >= 11 is 0. The van der Waals surface area contributed by atoms with Crippen LogP contribution in [0.15, 0.2) is 35.6 Å². The molecule has 0 radical (unpaired) electrons. The quantitative estimate of drug-likeness (QED) is 0.806. The Hall–Kier alpha value is -2.21. The number of sulfone groups is 1. The summed E-state index contributed by atoms with van der Waals surface area (Å²) in [6.07, 6.45) is 1.63. The van der Waals surface area contributed by atoms with Gasteiger partial charge in [0.15, 0.2) is 0 Å². The fourth-order valence-electron chi connectivity index (χ4n) is 2.33. The van der Waals surface area contributed by atoms with Crippen molar-refractivity contribution < 1.29 is 8.42 Å². The number of H-pyrrole nitrogens is 1. The van der Waals surface area contributed by atoms with Gasteiger partial charge in [-0.3, -0.25) is 4.98 Å². The van der Waals surface area contributed by atoms with E-state index in [2.05, 4.69) is 15.0 Å². The summed E-state index contributed by atoms with van der Waals surface area (Å²) in [5.74, 6) is -0.153. The lowest BCUT2D eigenvalue weighted by Crippen LogP contribution is -2.10. The predicted molar refractivity (Wildman–Crippen MR) is 85.4 cm³/mol. The second kappa shape index (κ2) is 5.21. The number of nitrogens with zero attached hydrogens (tertiary/aromatic N) is 2. The molecule has 0 aliphatic carbocycles. The Morgan fingerprint density at radius 1 is 1.14 bits per heavy atom. The van der Waals surface area contributed by atoms with E-state index in [-0.39, 0.29) is 10.9 Å². The van der Waals surface area contributed by atoms with Crippen LogP contribution in [0.4, 0.5) is 0 Å². The van der Waals surface area contributed by atoms with E-state index in [9.17, 15) is 8.42 Å². The number of nitrogens with one attached hydrogen (secondary N) is 1. The van der Waals surface area contributed by atoms with Crippen LogP contribution in [0.25, 0.3) is 11.0 Å². The number of aromatic nitrogens is 3. The average Bonchev–Trinajstić information content (AvgIpc) is 2.87. The Morgan fingerprint density at radius 2 is 1.91 bits per heavy atom. The number of aryl methyl sites for hydroxylation is 2. The maximum Gasteiger partial charge on any atom is 0.226 e. The van der Waals surface area contributed by atoms with Crippen molar-refractivity contribution in [2.24, 2.45) is 0 Å². The monoisotopic (exact) mass is 315 g/mol. The van der Waals surface area contributed by atoms with E-state index in [0.717, 1.165) is 22.2 Å². The van der Waals surface area contributed by atoms with E-state index in [1.807, 2.05) is 45.0 Å². The highest BCUT2D eigenvalue weighted by molar-refractivity contribution is 7.90. The molecule has 0 aliphatic rings. The molecule has 0 saturated carbocycles. The molecule has 0 spiro atoms. The van der Waals surface area contributed by atoms with Crippen LogP contribution in [0.3, 0.4) is 0 Å². The van der Waals surface area contributed by atoms with Gasteiger partial charge in [0.1, 0.15) is 5.75 Å². The van der Waals surface area contributed by atoms with E-state index >= 15 is 0 Å². The summed E-state index contributed by atoms with van der Waals surface area (Å²) in [6.45, 7) is 5.78. The largest absolute Gasteiger partial charge is 0.329 e. The number of pyridine rings is 1. The smallest absolute Gasteiger partial charge is 0.226 e. The van der Waals surface area contributed by atoms with Gasteiger partial charge in [-0.2, -0.15) is 0 Å². The normalized spacial score (nSPS) is 12.0. The van der Waals surface area contributed by atoms with Crippen LogP contribution in [0.2, 0.25) is 0 Å². The van der Waals surface area contributed by atoms with E-state index in [4.69, 9.17) is 0 Å². The lowest BCUT2D eigenvalue weighted by molar-refractivity contribution is 0.587. The first-order valence-corrected chi connectivity index (χ1v) is 8.62. The first-order valence-electron chi connectivity index (χ1n) is 6.97. The average molecular weight is 315 g/mol. The molecule has 6 heteroatoms. The SMILES string of the molecule is Cc1ccc2nc(S(=O)(=O)Cc3nccc(C)c3C)[nH]c2c1. The van der Waals surface area contributed by atoms with Gasteiger partial charge in [-0.1, -0.05) is 6.07 Å². The van der Waals surface area contributed by atoms with Gasteiger partial charge in [0.05, 0.1) is 16.7 Å². The van der Waals surface area contributed by atoms with E-state index in [1.165, 1.54) is 0 Å². The standard InChI is InChI=1S/C16H17N3O2S/c1-10-4-5-13-14(8-10)19-16(18-13)22(20,21)9-15-12(3)11(2)6-7-17-15/h4-8H,9H2,1-3H3,(H,18,19). The Balaban J connectivity index is 2.02. The minimum absolute atomic E-state index is 0.00388. The van der Waals surface area contributed by atoms with Crippen LogP contribution in [-0.2, 0) is 15.6 Å². The molecule has 0 amide bonds. The molecule has 0 unspecified atom stereocenters. The third-order valence-corrected chi connectivity index (χ3v) is 5.25.